The van der Waals surface area contributed by atoms with Crippen LogP contribution in [0.4, 0.5) is 0 Å². The Bertz CT molecular complexity index is 1560. The predicted octanol–water partition coefficient (Wildman–Crippen LogP) is 3.69. The highest BCUT2D eigenvalue weighted by atomic mass is 16.2. The fraction of sp³-hybridized carbons (Fsp3) is 0.276. The third kappa shape index (κ3) is 5.71. The Morgan fingerprint density at radius 1 is 0.730 bits per heavy atom. The minimum absolute atomic E-state index is 0.0322. The van der Waals surface area contributed by atoms with Gasteiger partial charge in [-0.2, -0.15) is 0 Å². The number of para-hydroxylation sites is 2. The van der Waals surface area contributed by atoms with Crippen LogP contribution in [-0.4, -0.2) is 53.6 Å². The molecular formula is C29H33N5O3. The monoisotopic (exact) mass is 499 g/mol. The van der Waals surface area contributed by atoms with Crippen molar-refractivity contribution in [1.82, 2.24) is 25.5 Å². The summed E-state index contributed by atoms with van der Waals surface area (Å²) in [4.78, 5) is 45.3. The molecule has 0 unspecified atom stereocenters. The van der Waals surface area contributed by atoms with Gasteiger partial charge in [0, 0.05) is 45.8 Å². The average Bonchev–Trinajstić information content (AvgIpc) is 2.92. The van der Waals surface area contributed by atoms with Crippen molar-refractivity contribution in [3.05, 3.63) is 81.1 Å². The third-order valence-corrected chi connectivity index (χ3v) is 6.42. The first-order chi connectivity index (χ1) is 18.0. The van der Waals surface area contributed by atoms with E-state index >= 15 is 0 Å². The molecule has 2 heterocycles. The summed E-state index contributed by atoms with van der Waals surface area (Å²) >= 11 is 0. The van der Waals surface area contributed by atoms with Gasteiger partial charge in [-0.15, -0.1) is 0 Å². The first kappa shape index (κ1) is 26.1. The van der Waals surface area contributed by atoms with Gasteiger partial charge in [-0.3, -0.25) is 24.6 Å². The molecule has 37 heavy (non-hydrogen) atoms. The molecule has 0 aliphatic heterocycles. The lowest BCUT2D eigenvalue weighted by Crippen LogP contribution is -2.40. The first-order valence-electron chi connectivity index (χ1n) is 12.7. The maximum absolute atomic E-state index is 12.8. The smallest absolute Gasteiger partial charge is 0.233 e. The highest BCUT2D eigenvalue weighted by molar-refractivity contribution is 6.02. The summed E-state index contributed by atoms with van der Waals surface area (Å²) in [6.07, 6.45) is 0. The fourth-order valence-corrected chi connectivity index (χ4v) is 4.38. The fourth-order valence-electron chi connectivity index (χ4n) is 4.38. The first-order valence-corrected chi connectivity index (χ1v) is 12.7. The van der Waals surface area contributed by atoms with Crippen molar-refractivity contribution in [3.63, 3.8) is 0 Å². The average molecular weight is 500 g/mol. The van der Waals surface area contributed by atoms with Crippen molar-refractivity contribution < 1.29 is 4.79 Å². The SMILES string of the molecule is CCNC(=O)CNCN(CC)CC.O=c1c2ccccc2[nH]c2cc3c(=O)c4ccccc4[nH]c3cc12. The van der Waals surface area contributed by atoms with Crippen LogP contribution < -0.4 is 21.5 Å². The number of carbonyl (C=O) groups excluding carboxylic acids is 1. The number of amides is 1. The Kier molecular flexibility index (Phi) is 8.32. The summed E-state index contributed by atoms with van der Waals surface area (Å²) in [5, 5.41) is 8.26. The van der Waals surface area contributed by atoms with Crippen LogP contribution in [-0.2, 0) is 4.79 Å². The van der Waals surface area contributed by atoms with E-state index in [9.17, 15) is 14.4 Å². The summed E-state index contributed by atoms with van der Waals surface area (Å²) in [6, 6.07) is 18.3. The van der Waals surface area contributed by atoms with Gasteiger partial charge < -0.3 is 15.3 Å². The number of fused-ring (bicyclic) bond motifs is 4. The number of hydrogen-bond donors (Lipinski definition) is 4. The molecule has 8 heteroatoms. The summed E-state index contributed by atoms with van der Waals surface area (Å²) in [5.41, 5.74) is 2.82. The second-order valence-corrected chi connectivity index (χ2v) is 8.78. The number of carbonyl (C=O) groups is 1. The molecule has 3 aromatic carbocycles. The van der Waals surface area contributed by atoms with Crippen molar-refractivity contribution in [3.8, 4) is 0 Å². The molecule has 0 atom stereocenters. The Morgan fingerprint density at radius 3 is 1.68 bits per heavy atom. The molecule has 0 radical (unpaired) electrons. The zero-order valence-corrected chi connectivity index (χ0v) is 21.5. The molecule has 1 amide bonds. The van der Waals surface area contributed by atoms with Crippen LogP contribution in [0.3, 0.4) is 0 Å². The maximum Gasteiger partial charge on any atom is 0.233 e. The number of rotatable bonds is 7. The minimum Gasteiger partial charge on any atom is -0.355 e. The van der Waals surface area contributed by atoms with E-state index in [0.717, 1.165) is 30.8 Å². The van der Waals surface area contributed by atoms with E-state index in [-0.39, 0.29) is 16.8 Å². The molecule has 192 valence electrons. The molecular weight excluding hydrogens is 466 g/mol. The largest absolute Gasteiger partial charge is 0.355 e. The van der Waals surface area contributed by atoms with Gasteiger partial charge in [-0.05, 0) is 56.4 Å². The minimum atomic E-state index is -0.0322. The molecule has 0 spiro atoms. The van der Waals surface area contributed by atoms with Crippen molar-refractivity contribution in [1.29, 1.82) is 0 Å². The van der Waals surface area contributed by atoms with E-state index in [2.05, 4.69) is 39.3 Å². The van der Waals surface area contributed by atoms with Crippen molar-refractivity contribution in [2.45, 2.75) is 20.8 Å². The summed E-state index contributed by atoms with van der Waals surface area (Å²) in [7, 11) is 0. The lowest BCUT2D eigenvalue weighted by molar-refractivity contribution is -0.120. The Balaban J connectivity index is 0.000000212. The van der Waals surface area contributed by atoms with Gasteiger partial charge in [0.2, 0.25) is 5.91 Å². The van der Waals surface area contributed by atoms with Crippen LogP contribution >= 0.6 is 0 Å². The number of benzene rings is 3. The molecule has 0 saturated heterocycles. The molecule has 0 fully saturated rings. The number of H-pyrrole nitrogens is 2. The van der Waals surface area contributed by atoms with E-state index in [1.165, 1.54) is 0 Å². The van der Waals surface area contributed by atoms with Crippen molar-refractivity contribution in [2.75, 3.05) is 32.8 Å². The molecule has 0 saturated carbocycles. The van der Waals surface area contributed by atoms with Crippen LogP contribution in [0.15, 0.2) is 70.3 Å². The predicted molar refractivity (Wildman–Crippen MR) is 152 cm³/mol. The van der Waals surface area contributed by atoms with Gasteiger partial charge in [0.25, 0.3) is 0 Å². The van der Waals surface area contributed by atoms with Crippen LogP contribution in [0.1, 0.15) is 20.8 Å². The number of nitrogens with zero attached hydrogens (tertiary/aromatic N) is 1. The third-order valence-electron chi connectivity index (χ3n) is 6.42. The lowest BCUT2D eigenvalue weighted by atomic mass is 10.1. The Morgan fingerprint density at radius 2 is 1.22 bits per heavy atom. The van der Waals surface area contributed by atoms with Gasteiger partial charge in [0.1, 0.15) is 0 Å². The van der Waals surface area contributed by atoms with Gasteiger partial charge in [-0.1, -0.05) is 38.1 Å². The summed E-state index contributed by atoms with van der Waals surface area (Å²) < 4.78 is 0. The van der Waals surface area contributed by atoms with Crippen molar-refractivity contribution >= 4 is 49.5 Å². The van der Waals surface area contributed by atoms with E-state index in [1.54, 1.807) is 24.3 Å². The molecule has 5 rings (SSSR count). The number of hydrogen-bond acceptors (Lipinski definition) is 5. The number of aromatic nitrogens is 2. The van der Waals surface area contributed by atoms with E-state index < -0.39 is 0 Å². The zero-order chi connectivity index (χ0) is 26.4. The summed E-state index contributed by atoms with van der Waals surface area (Å²) in [5.74, 6) is 0.0645. The second-order valence-electron chi connectivity index (χ2n) is 8.78. The molecule has 5 aromatic rings. The maximum atomic E-state index is 12.8. The number of nitrogens with one attached hydrogen (secondary N) is 4. The molecule has 0 bridgehead atoms. The van der Waals surface area contributed by atoms with E-state index in [1.807, 2.05) is 43.3 Å². The Hall–Kier alpha value is -4.01. The van der Waals surface area contributed by atoms with Crippen LogP contribution in [0.2, 0.25) is 0 Å². The van der Waals surface area contributed by atoms with Gasteiger partial charge >= 0.3 is 0 Å². The quantitative estimate of drug-likeness (QED) is 0.202. The molecule has 0 aliphatic rings. The standard InChI is InChI=1S/C20H12N2O2.C9H21N3O/c23-19-11-5-1-3-7-15(11)21-17-10-14-18(9-13(17)19)22-16-8-4-2-6-12(16)20(14)24;1-4-11-9(13)7-10-8-12(5-2)6-3/h1-10H,(H,21,23)(H,22,24);10H,4-8H2,1-3H3,(H,11,13). The van der Waals surface area contributed by atoms with E-state index in [0.29, 0.717) is 45.7 Å². The molecule has 8 nitrogen and oxygen atoms in total. The van der Waals surface area contributed by atoms with Gasteiger partial charge in [0.15, 0.2) is 10.9 Å². The van der Waals surface area contributed by atoms with Crippen LogP contribution in [0, 0.1) is 0 Å². The van der Waals surface area contributed by atoms with Gasteiger partial charge in [-0.25, -0.2) is 0 Å². The van der Waals surface area contributed by atoms with Crippen molar-refractivity contribution in [2.24, 2.45) is 0 Å². The highest BCUT2D eigenvalue weighted by Gasteiger charge is 2.10. The van der Waals surface area contributed by atoms with Crippen LogP contribution in [0.25, 0.3) is 43.6 Å². The normalized spacial score (nSPS) is 11.2. The molecule has 2 aromatic heterocycles. The van der Waals surface area contributed by atoms with Gasteiger partial charge in [0.05, 0.1) is 17.6 Å². The number of likely N-dealkylation sites (N-methyl/N-ethyl adjacent to an activating group) is 1. The molecule has 0 aliphatic carbocycles. The summed E-state index contributed by atoms with van der Waals surface area (Å²) in [6.45, 7) is 10.1. The lowest BCUT2D eigenvalue weighted by Gasteiger charge is -2.18. The Labute approximate surface area is 214 Å². The van der Waals surface area contributed by atoms with Crippen LogP contribution in [0.5, 0.6) is 0 Å². The second kappa shape index (κ2) is 11.8. The van der Waals surface area contributed by atoms with E-state index in [4.69, 9.17) is 0 Å². The molecule has 4 N–H and O–H groups in total. The number of pyridine rings is 2. The zero-order valence-electron chi connectivity index (χ0n) is 21.5. The number of aromatic amines is 2. The topological polar surface area (TPSA) is 110 Å². The highest BCUT2D eigenvalue weighted by Crippen LogP contribution is 2.21.